The number of benzene rings is 2. The molecular weight excluding hydrogens is 675 g/mol. The first-order valence-corrected chi connectivity index (χ1v) is 17.9. The average Bonchev–Trinajstić information content (AvgIpc) is 3.51. The SMILES string of the molecule is Cc1c([C@H](OC(C)(C)C)C(=O)O)c2n3cc(nc3c1C)-c1cccc(c1)-c1cc(OC(F)(F)F)ccc1O[C@H](C)CCCCOC1(C)CCN2CC1. The van der Waals surface area contributed by atoms with Gasteiger partial charge in [0, 0.05) is 42.6 Å². The standard InChI is InChI=1S/C40H48F3N3O6/c1-24-11-8-9-20-49-39(7)16-18-45(19-17-39)36-33(34(37(47)48)52-38(4,5)6)25(2)26(3)35-44-31(23-46(35)36)28-13-10-12-27(21-28)30-22-29(51-40(41,42)43)14-15-32(30)50-24/h10,12-15,21-24,34H,8-9,11,16-20H2,1-7H3,(H,47,48)/t24-,34+/m1/s1. The molecule has 3 aliphatic heterocycles. The summed E-state index contributed by atoms with van der Waals surface area (Å²) in [6.45, 7) is 15.3. The normalized spacial score (nSPS) is 20.7. The third-order valence-electron chi connectivity index (χ3n) is 9.99. The van der Waals surface area contributed by atoms with Crippen LogP contribution >= 0.6 is 0 Å². The third-order valence-corrected chi connectivity index (χ3v) is 9.99. The van der Waals surface area contributed by atoms with Crippen molar-refractivity contribution in [3.63, 3.8) is 0 Å². The molecule has 6 bridgehead atoms. The van der Waals surface area contributed by atoms with Crippen molar-refractivity contribution in [1.29, 1.82) is 0 Å². The lowest BCUT2D eigenvalue weighted by atomic mass is 9.92. The summed E-state index contributed by atoms with van der Waals surface area (Å²) in [7, 11) is 0. The number of carboxylic acids is 1. The second kappa shape index (κ2) is 14.3. The van der Waals surface area contributed by atoms with E-state index in [4.69, 9.17) is 19.2 Å². The highest BCUT2D eigenvalue weighted by molar-refractivity contribution is 5.82. The summed E-state index contributed by atoms with van der Waals surface area (Å²) < 4.78 is 65.3. The highest BCUT2D eigenvalue weighted by Gasteiger charge is 2.38. The number of fused-ring (bicyclic) bond motifs is 8. The lowest BCUT2D eigenvalue weighted by Gasteiger charge is -2.42. The van der Waals surface area contributed by atoms with Crippen molar-refractivity contribution in [2.75, 3.05) is 24.6 Å². The molecule has 9 nitrogen and oxygen atoms in total. The number of pyridine rings is 1. The number of carbonyl (C=O) groups is 1. The Morgan fingerprint density at radius 2 is 1.75 bits per heavy atom. The van der Waals surface area contributed by atoms with Gasteiger partial charge in [0.25, 0.3) is 0 Å². The van der Waals surface area contributed by atoms with Crippen LogP contribution in [0.2, 0.25) is 0 Å². The summed E-state index contributed by atoms with van der Waals surface area (Å²) in [5.41, 5.74) is 4.18. The van der Waals surface area contributed by atoms with Gasteiger partial charge in [-0.25, -0.2) is 9.78 Å². The number of anilines is 1. The van der Waals surface area contributed by atoms with Gasteiger partial charge in [0.05, 0.1) is 23.0 Å². The van der Waals surface area contributed by atoms with Gasteiger partial charge in [0.15, 0.2) is 6.10 Å². The van der Waals surface area contributed by atoms with E-state index in [9.17, 15) is 23.1 Å². The molecule has 0 unspecified atom stereocenters. The van der Waals surface area contributed by atoms with Crippen molar-refractivity contribution >= 4 is 17.4 Å². The Balaban J connectivity index is 1.56. The van der Waals surface area contributed by atoms with Crippen LogP contribution in [0.4, 0.5) is 19.0 Å². The van der Waals surface area contributed by atoms with Crippen LogP contribution in [0, 0.1) is 13.8 Å². The van der Waals surface area contributed by atoms with Gasteiger partial charge >= 0.3 is 12.3 Å². The number of hydrogen-bond donors (Lipinski definition) is 1. The van der Waals surface area contributed by atoms with E-state index < -0.39 is 24.0 Å². The van der Waals surface area contributed by atoms with E-state index in [2.05, 4.69) is 16.6 Å². The predicted molar refractivity (Wildman–Crippen MR) is 193 cm³/mol. The number of ether oxygens (including phenoxy) is 4. The van der Waals surface area contributed by atoms with Crippen LogP contribution in [0.1, 0.15) is 89.5 Å². The fourth-order valence-electron chi connectivity index (χ4n) is 7.18. The maximum Gasteiger partial charge on any atom is 0.573 e. The van der Waals surface area contributed by atoms with Crippen LogP contribution in [0.5, 0.6) is 11.5 Å². The number of aliphatic carboxylic acids is 1. The summed E-state index contributed by atoms with van der Waals surface area (Å²) >= 11 is 0. The van der Waals surface area contributed by atoms with E-state index in [1.54, 1.807) is 0 Å². The Morgan fingerprint density at radius 3 is 2.42 bits per heavy atom. The lowest BCUT2D eigenvalue weighted by Crippen LogP contribution is -2.45. The quantitative estimate of drug-likeness (QED) is 0.223. The van der Waals surface area contributed by atoms with Crippen molar-refractivity contribution in [2.45, 2.75) is 110 Å². The van der Waals surface area contributed by atoms with E-state index in [1.165, 1.54) is 18.2 Å². The fraction of sp³-hybridized carbons (Fsp3) is 0.500. The van der Waals surface area contributed by atoms with Crippen LogP contribution in [-0.4, -0.2) is 63.8 Å². The number of halogens is 3. The zero-order chi connectivity index (χ0) is 37.6. The molecule has 1 saturated heterocycles. The monoisotopic (exact) mass is 723 g/mol. The summed E-state index contributed by atoms with van der Waals surface area (Å²) in [6, 6.07) is 11.5. The Kier molecular flexibility index (Phi) is 10.3. The number of aryl methyl sites for hydroxylation is 1. The Bertz CT molecular complexity index is 1940. The molecule has 52 heavy (non-hydrogen) atoms. The third kappa shape index (κ3) is 8.18. The Labute approximate surface area is 302 Å². The summed E-state index contributed by atoms with van der Waals surface area (Å²) in [6.07, 6.45) is -0.490. The molecule has 0 spiro atoms. The van der Waals surface area contributed by atoms with Gasteiger partial charge in [-0.2, -0.15) is 0 Å². The van der Waals surface area contributed by atoms with Gasteiger partial charge in [-0.05, 0) is 122 Å². The molecule has 2 atom stereocenters. The van der Waals surface area contributed by atoms with Crippen LogP contribution < -0.4 is 14.4 Å². The van der Waals surface area contributed by atoms with E-state index in [-0.39, 0.29) is 17.5 Å². The molecule has 0 radical (unpaired) electrons. The molecule has 1 fully saturated rings. The number of piperidine rings is 1. The van der Waals surface area contributed by atoms with Crippen molar-refractivity contribution in [2.24, 2.45) is 0 Å². The first-order valence-electron chi connectivity index (χ1n) is 17.9. The zero-order valence-electron chi connectivity index (χ0n) is 30.9. The second-order valence-electron chi connectivity index (χ2n) is 15.3. The Morgan fingerprint density at radius 1 is 1.04 bits per heavy atom. The highest BCUT2D eigenvalue weighted by Crippen LogP contribution is 2.42. The minimum absolute atomic E-state index is 0.199. The molecule has 0 amide bonds. The average molecular weight is 724 g/mol. The largest absolute Gasteiger partial charge is 0.573 e. The maximum atomic E-state index is 13.3. The molecule has 12 heteroatoms. The van der Waals surface area contributed by atoms with Crippen molar-refractivity contribution in [3.8, 4) is 33.9 Å². The first kappa shape index (κ1) is 37.5. The lowest BCUT2D eigenvalue weighted by molar-refractivity contribution is -0.274. The highest BCUT2D eigenvalue weighted by atomic mass is 19.4. The van der Waals surface area contributed by atoms with Crippen LogP contribution in [0.3, 0.4) is 0 Å². The van der Waals surface area contributed by atoms with Gasteiger partial charge in [0.2, 0.25) is 0 Å². The summed E-state index contributed by atoms with van der Waals surface area (Å²) in [5.74, 6) is -0.280. The zero-order valence-corrected chi connectivity index (χ0v) is 30.9. The first-order chi connectivity index (χ1) is 24.4. The van der Waals surface area contributed by atoms with E-state index in [0.717, 1.165) is 48.8 Å². The summed E-state index contributed by atoms with van der Waals surface area (Å²) in [4.78, 5) is 20.3. The van der Waals surface area contributed by atoms with Crippen molar-refractivity contribution < 1.29 is 42.0 Å². The van der Waals surface area contributed by atoms with E-state index in [0.29, 0.717) is 59.3 Å². The molecule has 1 N–H and O–H groups in total. The van der Waals surface area contributed by atoms with Crippen LogP contribution in [-0.2, 0) is 14.3 Å². The van der Waals surface area contributed by atoms with Gasteiger partial charge in [-0.1, -0.05) is 18.2 Å². The number of carboxylic acid groups (broad SMARTS) is 1. The molecule has 4 aromatic rings. The van der Waals surface area contributed by atoms with Crippen molar-refractivity contribution in [1.82, 2.24) is 9.38 Å². The van der Waals surface area contributed by atoms with Crippen molar-refractivity contribution in [3.05, 3.63) is 65.4 Å². The number of alkyl halides is 3. The second-order valence-corrected chi connectivity index (χ2v) is 15.3. The van der Waals surface area contributed by atoms with Gasteiger partial charge < -0.3 is 29.0 Å². The van der Waals surface area contributed by atoms with Gasteiger partial charge in [-0.15, -0.1) is 13.2 Å². The minimum Gasteiger partial charge on any atom is -0.490 e. The Hall–Kier alpha value is -4.29. The van der Waals surface area contributed by atoms with Gasteiger partial charge in [0.1, 0.15) is 23.0 Å². The smallest absolute Gasteiger partial charge is 0.490 e. The molecule has 2 aromatic heterocycles. The van der Waals surface area contributed by atoms with E-state index >= 15 is 0 Å². The number of nitrogens with zero attached hydrogens (tertiary/aromatic N) is 3. The fourth-order valence-corrected chi connectivity index (χ4v) is 7.18. The summed E-state index contributed by atoms with van der Waals surface area (Å²) in [5, 5.41) is 10.6. The molecule has 7 rings (SSSR count). The number of imidazole rings is 1. The molecule has 0 saturated carbocycles. The minimum atomic E-state index is -4.85. The molecule has 280 valence electrons. The number of hydrogen-bond acceptors (Lipinski definition) is 7. The molecule has 2 aromatic carbocycles. The molecular formula is C40H48F3N3O6. The molecule has 5 heterocycles. The number of rotatable bonds is 4. The van der Waals surface area contributed by atoms with Gasteiger partial charge in [-0.3, -0.25) is 4.40 Å². The molecule has 0 aliphatic carbocycles. The predicted octanol–water partition coefficient (Wildman–Crippen LogP) is 9.45. The van der Waals surface area contributed by atoms with Crippen LogP contribution in [0.15, 0.2) is 48.7 Å². The number of aromatic nitrogens is 2. The maximum absolute atomic E-state index is 13.3. The van der Waals surface area contributed by atoms with Crippen LogP contribution in [0.25, 0.3) is 28.0 Å². The topological polar surface area (TPSA) is 94.8 Å². The van der Waals surface area contributed by atoms with E-state index in [1.807, 2.05) is 76.4 Å². The molecule has 3 aliphatic rings.